The van der Waals surface area contributed by atoms with Gasteiger partial charge in [0.05, 0.1) is 17.2 Å². The average molecular weight is 410 g/mol. The quantitative estimate of drug-likeness (QED) is 0.503. The summed E-state index contributed by atoms with van der Waals surface area (Å²) in [6, 6.07) is 2.07. The number of halogens is 6. The predicted octanol–water partition coefficient (Wildman–Crippen LogP) is 5.07. The molecule has 156 valence electrons. The second-order valence-electron chi connectivity index (χ2n) is 7.04. The summed E-state index contributed by atoms with van der Waals surface area (Å²) in [5, 5.41) is 8.85. The Morgan fingerprint density at radius 3 is 2.14 bits per heavy atom. The monoisotopic (exact) mass is 410 g/mol. The predicted molar refractivity (Wildman–Crippen MR) is 89.5 cm³/mol. The fourth-order valence-electron chi connectivity index (χ4n) is 2.50. The molecule has 28 heavy (non-hydrogen) atoms. The minimum atomic E-state index is -4.95. The van der Waals surface area contributed by atoms with E-state index < -0.39 is 53.3 Å². The van der Waals surface area contributed by atoms with Gasteiger partial charge in [0.15, 0.2) is 0 Å². The van der Waals surface area contributed by atoms with Crippen molar-refractivity contribution in [2.24, 2.45) is 0 Å². The Morgan fingerprint density at radius 2 is 1.75 bits per heavy atom. The average Bonchev–Trinajstić information content (AvgIpc) is 2.50. The van der Waals surface area contributed by atoms with Crippen molar-refractivity contribution in [1.82, 2.24) is 0 Å². The first-order valence-electron chi connectivity index (χ1n) is 8.26. The van der Waals surface area contributed by atoms with Crippen LogP contribution in [0.1, 0.15) is 45.2 Å². The van der Waals surface area contributed by atoms with Gasteiger partial charge in [0.25, 0.3) is 0 Å². The fourth-order valence-corrected chi connectivity index (χ4v) is 2.50. The maximum atomic E-state index is 13.2. The van der Waals surface area contributed by atoms with Gasteiger partial charge in [0.1, 0.15) is 18.2 Å². The SMILES string of the molecule is CCC(C(=O)OC(C)(C)C)N(CC(F)(F)F)c1ccc(C#N)c(C(F)(F)F)c1. The van der Waals surface area contributed by atoms with Crippen molar-refractivity contribution in [3.8, 4) is 6.07 Å². The number of rotatable bonds is 5. The van der Waals surface area contributed by atoms with Crippen LogP contribution >= 0.6 is 0 Å². The summed E-state index contributed by atoms with van der Waals surface area (Å²) in [5.41, 5.74) is -3.58. The van der Waals surface area contributed by atoms with Gasteiger partial charge in [-0.2, -0.15) is 31.6 Å². The van der Waals surface area contributed by atoms with Crippen molar-refractivity contribution in [3.05, 3.63) is 29.3 Å². The minimum Gasteiger partial charge on any atom is -0.458 e. The number of alkyl halides is 6. The number of anilines is 1. The van der Waals surface area contributed by atoms with Crippen molar-refractivity contribution in [3.63, 3.8) is 0 Å². The summed E-state index contributed by atoms with van der Waals surface area (Å²) >= 11 is 0. The summed E-state index contributed by atoms with van der Waals surface area (Å²) < 4.78 is 84.0. The van der Waals surface area contributed by atoms with E-state index in [1.807, 2.05) is 0 Å². The molecule has 0 radical (unpaired) electrons. The summed E-state index contributed by atoms with van der Waals surface area (Å²) in [5.74, 6) is -0.989. The molecule has 1 atom stereocenters. The van der Waals surface area contributed by atoms with Crippen molar-refractivity contribution >= 4 is 11.7 Å². The van der Waals surface area contributed by atoms with Crippen molar-refractivity contribution in [2.75, 3.05) is 11.4 Å². The van der Waals surface area contributed by atoms with Crippen molar-refractivity contribution in [2.45, 2.75) is 58.1 Å². The number of esters is 1. The maximum Gasteiger partial charge on any atom is 0.417 e. The highest BCUT2D eigenvalue weighted by atomic mass is 19.4. The van der Waals surface area contributed by atoms with Crippen LogP contribution in [0, 0.1) is 11.3 Å². The summed E-state index contributed by atoms with van der Waals surface area (Å²) in [7, 11) is 0. The highest BCUT2D eigenvalue weighted by Gasteiger charge is 2.39. The molecule has 1 aromatic rings. The van der Waals surface area contributed by atoms with Crippen LogP contribution in [0.4, 0.5) is 32.0 Å². The molecule has 1 rings (SSSR count). The highest BCUT2D eigenvalue weighted by Crippen LogP contribution is 2.36. The van der Waals surface area contributed by atoms with E-state index in [2.05, 4.69) is 0 Å². The van der Waals surface area contributed by atoms with Crippen molar-refractivity contribution < 1.29 is 35.9 Å². The molecule has 0 N–H and O–H groups in total. The van der Waals surface area contributed by atoms with Gasteiger partial charge in [-0.05, 0) is 45.4 Å². The Hall–Kier alpha value is -2.44. The molecule has 0 amide bonds. The third-order valence-corrected chi connectivity index (χ3v) is 3.55. The molecule has 0 aliphatic carbocycles. The Balaban J connectivity index is 3.50. The molecule has 0 heterocycles. The lowest BCUT2D eigenvalue weighted by molar-refractivity contribution is -0.157. The van der Waals surface area contributed by atoms with Gasteiger partial charge < -0.3 is 9.64 Å². The van der Waals surface area contributed by atoms with E-state index in [1.54, 1.807) is 0 Å². The van der Waals surface area contributed by atoms with E-state index in [0.29, 0.717) is 11.0 Å². The molecule has 0 fully saturated rings. The van der Waals surface area contributed by atoms with Crippen LogP contribution in [0.2, 0.25) is 0 Å². The van der Waals surface area contributed by atoms with E-state index in [-0.39, 0.29) is 6.42 Å². The van der Waals surface area contributed by atoms with Crippen LogP contribution in [0.15, 0.2) is 18.2 Å². The van der Waals surface area contributed by atoms with E-state index in [0.717, 1.165) is 12.1 Å². The van der Waals surface area contributed by atoms with Gasteiger partial charge in [-0.25, -0.2) is 4.79 Å². The number of nitriles is 1. The standard InChI is InChI=1S/C18H20F6N2O2/c1-5-14(15(27)28-16(2,3)4)26(10-17(19,20)21)12-7-6-11(9-25)13(8-12)18(22,23)24/h6-8,14H,5,10H2,1-4H3. The molecular weight excluding hydrogens is 390 g/mol. The van der Waals surface area contributed by atoms with Gasteiger partial charge in [-0.15, -0.1) is 0 Å². The lowest BCUT2D eigenvalue weighted by atomic mass is 10.0. The number of nitrogens with zero attached hydrogens (tertiary/aromatic N) is 2. The first-order chi connectivity index (χ1) is 12.6. The molecule has 0 spiro atoms. The van der Waals surface area contributed by atoms with Crippen LogP contribution in [0.25, 0.3) is 0 Å². The summed E-state index contributed by atoms with van der Waals surface area (Å²) in [6.45, 7) is 4.33. The molecule has 1 aromatic carbocycles. The zero-order chi connectivity index (χ0) is 21.9. The third-order valence-electron chi connectivity index (χ3n) is 3.55. The Bertz CT molecular complexity index is 744. The third kappa shape index (κ3) is 6.62. The van der Waals surface area contributed by atoms with E-state index in [4.69, 9.17) is 10.00 Å². The lowest BCUT2D eigenvalue weighted by Gasteiger charge is -2.34. The molecular formula is C18H20F6N2O2. The second kappa shape index (κ2) is 8.29. The van der Waals surface area contributed by atoms with E-state index >= 15 is 0 Å². The minimum absolute atomic E-state index is 0.133. The Morgan fingerprint density at radius 1 is 1.18 bits per heavy atom. The number of hydrogen-bond acceptors (Lipinski definition) is 4. The first-order valence-corrected chi connectivity index (χ1v) is 8.26. The molecule has 10 heteroatoms. The van der Waals surface area contributed by atoms with Crippen LogP contribution in [-0.4, -0.2) is 30.3 Å². The Kier molecular flexibility index (Phi) is 6.98. The largest absolute Gasteiger partial charge is 0.458 e. The van der Waals surface area contributed by atoms with Crippen LogP contribution < -0.4 is 4.90 Å². The molecule has 0 aromatic heterocycles. The smallest absolute Gasteiger partial charge is 0.417 e. The molecule has 0 bridgehead atoms. The van der Waals surface area contributed by atoms with Gasteiger partial charge in [0, 0.05) is 5.69 Å². The number of ether oxygens (including phenoxy) is 1. The Labute approximate surface area is 158 Å². The molecule has 1 unspecified atom stereocenters. The fraction of sp³-hybridized carbons (Fsp3) is 0.556. The number of benzene rings is 1. The summed E-state index contributed by atoms with van der Waals surface area (Å²) in [4.78, 5) is 12.9. The van der Waals surface area contributed by atoms with Gasteiger partial charge in [-0.3, -0.25) is 0 Å². The van der Waals surface area contributed by atoms with Crippen LogP contribution in [0.3, 0.4) is 0 Å². The molecule has 4 nitrogen and oxygen atoms in total. The second-order valence-corrected chi connectivity index (χ2v) is 7.04. The normalized spacial score (nSPS) is 13.6. The first kappa shape index (κ1) is 23.6. The van der Waals surface area contributed by atoms with E-state index in [1.165, 1.54) is 33.8 Å². The van der Waals surface area contributed by atoms with Gasteiger partial charge in [0.2, 0.25) is 0 Å². The number of hydrogen-bond donors (Lipinski definition) is 0. The van der Waals surface area contributed by atoms with Crippen molar-refractivity contribution in [1.29, 1.82) is 5.26 Å². The molecule has 0 saturated heterocycles. The van der Waals surface area contributed by atoms with Crippen LogP contribution in [-0.2, 0) is 15.7 Å². The molecule has 0 aliphatic rings. The number of carbonyl (C=O) groups excluding carboxylic acids is 1. The van der Waals surface area contributed by atoms with E-state index in [9.17, 15) is 31.1 Å². The van der Waals surface area contributed by atoms with Gasteiger partial charge >= 0.3 is 18.3 Å². The van der Waals surface area contributed by atoms with Crippen LogP contribution in [0.5, 0.6) is 0 Å². The molecule has 0 aliphatic heterocycles. The van der Waals surface area contributed by atoms with Gasteiger partial charge in [-0.1, -0.05) is 6.92 Å². The summed E-state index contributed by atoms with van der Waals surface area (Å²) in [6.07, 6.45) is -9.87. The zero-order valence-corrected chi connectivity index (χ0v) is 15.7. The zero-order valence-electron chi connectivity index (χ0n) is 15.7. The lowest BCUT2D eigenvalue weighted by Crippen LogP contribution is -2.48. The maximum absolute atomic E-state index is 13.2. The highest BCUT2D eigenvalue weighted by molar-refractivity contribution is 5.80. The topological polar surface area (TPSA) is 53.3 Å². The molecule has 0 saturated carbocycles. The number of carbonyl (C=O) groups is 1.